The third-order valence-corrected chi connectivity index (χ3v) is 6.66. The molecule has 2 aliphatic heterocycles. The minimum atomic E-state index is 0.677. The van der Waals surface area contributed by atoms with Crippen molar-refractivity contribution in [3.05, 3.63) is 72.1 Å². The third-order valence-electron chi connectivity index (χ3n) is 6.05. The van der Waals surface area contributed by atoms with Gasteiger partial charge in [0, 0.05) is 37.6 Å². The van der Waals surface area contributed by atoms with Gasteiger partial charge in [0.2, 0.25) is 0 Å². The predicted octanol–water partition coefficient (Wildman–Crippen LogP) is 6.05. The zero-order valence-corrected chi connectivity index (χ0v) is 20.2. The summed E-state index contributed by atoms with van der Waals surface area (Å²) in [7, 11) is 0. The molecule has 0 bridgehead atoms. The van der Waals surface area contributed by atoms with Gasteiger partial charge in [-0.15, -0.1) is 0 Å². The molecule has 4 rings (SSSR count). The molecule has 2 aliphatic rings. The van der Waals surface area contributed by atoms with Crippen LogP contribution in [0.25, 0.3) is 0 Å². The molecule has 0 aromatic heterocycles. The maximum atomic E-state index is 6.02. The van der Waals surface area contributed by atoms with Crippen LogP contribution in [0.15, 0.2) is 72.1 Å². The molecule has 0 amide bonds. The Hall–Kier alpha value is -2.44. The van der Waals surface area contributed by atoms with Gasteiger partial charge in [0.15, 0.2) is 0 Å². The van der Waals surface area contributed by atoms with Crippen LogP contribution in [0.1, 0.15) is 38.5 Å². The molecule has 0 atom stereocenters. The lowest BCUT2D eigenvalue weighted by Crippen LogP contribution is -2.44. The summed E-state index contributed by atoms with van der Waals surface area (Å²) in [5.74, 6) is 1.20. The van der Waals surface area contributed by atoms with E-state index >= 15 is 0 Å². The van der Waals surface area contributed by atoms with Crippen molar-refractivity contribution in [2.45, 2.75) is 38.5 Å². The van der Waals surface area contributed by atoms with E-state index in [1.807, 2.05) is 60.7 Å². The van der Waals surface area contributed by atoms with Gasteiger partial charge in [0.05, 0.1) is 5.57 Å². The minimum Gasteiger partial charge on any atom is -0.358 e. The number of likely N-dealkylation sites (tertiary alicyclic amines) is 2. The molecule has 0 radical (unpaired) electrons. The molecule has 2 aromatic rings. The SMILES string of the molecule is S=C(Nc1ccccc1)C(C(=S)Nc1ccccc1)=C(N1CCCCC1)N1CCCCC1. The molecule has 0 unspecified atom stereocenters. The Bertz CT molecular complexity index is 855. The van der Waals surface area contributed by atoms with Crippen molar-refractivity contribution in [2.75, 3.05) is 36.8 Å². The first-order valence-electron chi connectivity index (χ1n) is 11.7. The smallest absolute Gasteiger partial charge is 0.117 e. The topological polar surface area (TPSA) is 30.5 Å². The Kier molecular flexibility index (Phi) is 8.13. The number of nitrogens with one attached hydrogen (secondary N) is 2. The fraction of sp³-hybridized carbons (Fsp3) is 0.385. The van der Waals surface area contributed by atoms with Crippen LogP contribution in [-0.4, -0.2) is 46.0 Å². The van der Waals surface area contributed by atoms with Crippen molar-refractivity contribution in [1.29, 1.82) is 0 Å². The first-order chi connectivity index (χ1) is 15.7. The highest BCUT2D eigenvalue weighted by atomic mass is 32.1. The molecular formula is C26H32N4S2. The number of piperidine rings is 2. The summed E-state index contributed by atoms with van der Waals surface area (Å²) in [6.45, 7) is 4.21. The number of rotatable bonds is 6. The van der Waals surface area contributed by atoms with E-state index in [1.165, 1.54) is 44.3 Å². The molecule has 2 heterocycles. The molecule has 4 nitrogen and oxygen atoms in total. The van der Waals surface area contributed by atoms with Crippen molar-refractivity contribution < 1.29 is 0 Å². The number of benzene rings is 2. The second-order valence-corrected chi connectivity index (χ2v) is 9.25. The predicted molar refractivity (Wildman–Crippen MR) is 143 cm³/mol. The Labute approximate surface area is 202 Å². The van der Waals surface area contributed by atoms with Crippen LogP contribution in [0.5, 0.6) is 0 Å². The third kappa shape index (κ3) is 5.87. The number of anilines is 2. The van der Waals surface area contributed by atoms with Crippen molar-refractivity contribution in [3.63, 3.8) is 0 Å². The van der Waals surface area contributed by atoms with E-state index in [4.69, 9.17) is 24.4 Å². The highest BCUT2D eigenvalue weighted by molar-refractivity contribution is 7.83. The summed E-state index contributed by atoms with van der Waals surface area (Å²) in [6.07, 6.45) is 7.42. The quantitative estimate of drug-likeness (QED) is 0.400. The van der Waals surface area contributed by atoms with Crippen molar-refractivity contribution in [2.24, 2.45) is 0 Å². The van der Waals surface area contributed by atoms with Crippen LogP contribution in [0.2, 0.25) is 0 Å². The average molecular weight is 465 g/mol. The molecule has 2 N–H and O–H groups in total. The highest BCUT2D eigenvalue weighted by Crippen LogP contribution is 2.27. The molecule has 168 valence electrons. The van der Waals surface area contributed by atoms with Crippen LogP contribution < -0.4 is 10.6 Å². The summed E-state index contributed by atoms with van der Waals surface area (Å²) in [6, 6.07) is 20.3. The molecule has 6 heteroatoms. The molecule has 2 saturated heterocycles. The lowest BCUT2D eigenvalue weighted by atomic mass is 10.1. The van der Waals surface area contributed by atoms with Gasteiger partial charge in [-0.1, -0.05) is 60.8 Å². The van der Waals surface area contributed by atoms with E-state index in [0.717, 1.165) is 43.1 Å². The van der Waals surface area contributed by atoms with Crippen LogP contribution >= 0.6 is 24.4 Å². The van der Waals surface area contributed by atoms with Crippen molar-refractivity contribution in [3.8, 4) is 0 Å². The summed E-state index contributed by atoms with van der Waals surface area (Å²) >= 11 is 12.0. The van der Waals surface area contributed by atoms with E-state index < -0.39 is 0 Å². The normalized spacial score (nSPS) is 16.2. The Morgan fingerprint density at radius 3 is 1.31 bits per heavy atom. The Morgan fingerprint density at radius 2 is 0.938 bits per heavy atom. The molecule has 0 aliphatic carbocycles. The number of hydrogen-bond donors (Lipinski definition) is 2. The monoisotopic (exact) mass is 464 g/mol. The molecule has 32 heavy (non-hydrogen) atoms. The Balaban J connectivity index is 1.74. The Morgan fingerprint density at radius 1 is 0.562 bits per heavy atom. The number of para-hydroxylation sites is 2. The highest BCUT2D eigenvalue weighted by Gasteiger charge is 2.28. The fourth-order valence-corrected chi connectivity index (χ4v) is 5.15. The summed E-state index contributed by atoms with van der Waals surface area (Å²) in [5.41, 5.74) is 2.90. The number of hydrogen-bond acceptors (Lipinski definition) is 4. The van der Waals surface area contributed by atoms with Crippen LogP contribution in [0, 0.1) is 0 Å². The number of nitrogens with zero attached hydrogens (tertiary/aromatic N) is 2. The number of thiocarbonyl (C=S) groups is 2. The molecule has 0 saturated carbocycles. The van der Waals surface area contributed by atoms with E-state index in [2.05, 4.69) is 20.4 Å². The zero-order chi connectivity index (χ0) is 22.2. The summed E-state index contributed by atoms with van der Waals surface area (Å²) in [5, 5.41) is 6.92. The van der Waals surface area contributed by atoms with Gasteiger partial charge < -0.3 is 20.4 Å². The van der Waals surface area contributed by atoms with Crippen molar-refractivity contribution >= 4 is 45.8 Å². The standard InChI is InChI=1S/C26H32N4S2/c31-24(27-21-13-5-1-6-14-21)23(25(32)28-22-15-7-2-8-16-22)26(29-17-9-3-10-18-29)30-19-11-4-12-20-30/h1-2,5-8,13-16H,3-4,9-12,17-20H2,(H,27,31)(H,28,32). The maximum Gasteiger partial charge on any atom is 0.117 e. The second kappa shape index (κ2) is 11.4. The average Bonchev–Trinajstić information content (AvgIpc) is 2.84. The van der Waals surface area contributed by atoms with Gasteiger partial charge in [-0.25, -0.2) is 0 Å². The second-order valence-electron chi connectivity index (χ2n) is 8.43. The van der Waals surface area contributed by atoms with Gasteiger partial charge in [-0.2, -0.15) is 0 Å². The summed E-state index contributed by atoms with van der Waals surface area (Å²) in [4.78, 5) is 6.39. The van der Waals surface area contributed by atoms with E-state index in [1.54, 1.807) is 0 Å². The van der Waals surface area contributed by atoms with Crippen LogP contribution in [-0.2, 0) is 0 Å². The molecular weight excluding hydrogens is 432 g/mol. The van der Waals surface area contributed by atoms with Gasteiger partial charge in [0.1, 0.15) is 15.8 Å². The van der Waals surface area contributed by atoms with Gasteiger partial charge >= 0.3 is 0 Å². The van der Waals surface area contributed by atoms with Gasteiger partial charge in [-0.05, 0) is 62.8 Å². The zero-order valence-electron chi connectivity index (χ0n) is 18.6. The molecule has 0 spiro atoms. The van der Waals surface area contributed by atoms with E-state index in [-0.39, 0.29) is 0 Å². The van der Waals surface area contributed by atoms with Gasteiger partial charge in [-0.3, -0.25) is 0 Å². The van der Waals surface area contributed by atoms with E-state index in [9.17, 15) is 0 Å². The first kappa shape index (κ1) is 22.7. The molecule has 2 aromatic carbocycles. The maximum absolute atomic E-state index is 6.02. The minimum absolute atomic E-state index is 0.677. The van der Waals surface area contributed by atoms with Crippen molar-refractivity contribution in [1.82, 2.24) is 9.80 Å². The molecule has 2 fully saturated rings. The van der Waals surface area contributed by atoms with Gasteiger partial charge in [0.25, 0.3) is 0 Å². The van der Waals surface area contributed by atoms with Crippen LogP contribution in [0.3, 0.4) is 0 Å². The first-order valence-corrected chi connectivity index (χ1v) is 12.5. The van der Waals surface area contributed by atoms with E-state index in [0.29, 0.717) is 9.98 Å². The lowest BCUT2D eigenvalue weighted by Gasteiger charge is -2.41. The fourth-order valence-electron chi connectivity index (χ4n) is 4.46. The van der Waals surface area contributed by atoms with Crippen LogP contribution in [0.4, 0.5) is 11.4 Å². The summed E-state index contributed by atoms with van der Waals surface area (Å²) < 4.78 is 0. The largest absolute Gasteiger partial charge is 0.358 e. The lowest BCUT2D eigenvalue weighted by molar-refractivity contribution is 0.166.